The molecule has 0 aromatic rings. The number of carboxylic acids is 1. The first-order valence-corrected chi connectivity index (χ1v) is 13.8. The Morgan fingerprint density at radius 3 is 1.91 bits per heavy atom. The number of rotatable bonds is 12. The maximum atomic E-state index is 12.4. The van der Waals surface area contributed by atoms with Gasteiger partial charge in [0.2, 0.25) is 0 Å². The highest BCUT2D eigenvalue weighted by molar-refractivity contribution is 5.87. The molecule has 0 saturated carbocycles. The molecular formula is C25H43N3O16. The van der Waals surface area contributed by atoms with Crippen LogP contribution in [0.25, 0.3) is 0 Å². The molecule has 0 bridgehead atoms. The average Bonchev–Trinajstić information content (AvgIpc) is 2.98. The fraction of sp³-hybridized carbons (Fsp3) is 0.840. The topological polar surface area (TPSA) is 315 Å². The van der Waals surface area contributed by atoms with Crippen LogP contribution < -0.4 is 16.8 Å². The third-order valence-electron chi connectivity index (χ3n) is 7.66. The minimum atomic E-state index is -1.77. The Morgan fingerprint density at radius 2 is 1.36 bits per heavy atom. The summed E-state index contributed by atoms with van der Waals surface area (Å²) in [6, 6.07) is -5.62. The average molecular weight is 642 g/mol. The second-order valence-electron chi connectivity index (χ2n) is 10.9. The van der Waals surface area contributed by atoms with Crippen molar-refractivity contribution in [3.8, 4) is 0 Å². The van der Waals surface area contributed by atoms with Crippen LogP contribution in [-0.2, 0) is 38.0 Å². The molecule has 16 atom stereocenters. The molecule has 3 unspecified atom stereocenters. The van der Waals surface area contributed by atoms with Crippen molar-refractivity contribution in [2.45, 2.75) is 112 Å². The van der Waals surface area contributed by atoms with Crippen LogP contribution in [0.2, 0.25) is 0 Å². The van der Waals surface area contributed by atoms with Crippen LogP contribution in [0.4, 0.5) is 0 Å². The van der Waals surface area contributed by atoms with Crippen LogP contribution in [0.15, 0.2) is 12.2 Å². The molecule has 3 aliphatic rings. The van der Waals surface area contributed by atoms with Gasteiger partial charge in [-0.1, -0.05) is 6.58 Å². The van der Waals surface area contributed by atoms with E-state index in [1.54, 1.807) is 0 Å². The summed E-state index contributed by atoms with van der Waals surface area (Å²) in [5.41, 5.74) is 12.0. The van der Waals surface area contributed by atoms with Gasteiger partial charge in [-0.05, 0) is 13.8 Å². The Hall–Kier alpha value is -1.92. The van der Waals surface area contributed by atoms with Crippen LogP contribution in [0.1, 0.15) is 13.8 Å². The number of aliphatic hydroxyl groups excluding tert-OH is 7. The molecule has 19 nitrogen and oxygen atoms in total. The van der Waals surface area contributed by atoms with Crippen LogP contribution in [0.5, 0.6) is 0 Å². The smallest absolute Gasteiger partial charge is 0.333 e. The highest BCUT2D eigenvalue weighted by Gasteiger charge is 2.54. The number of nitrogens with one attached hydrogen (secondary N) is 1. The van der Waals surface area contributed by atoms with Crippen molar-refractivity contribution in [2.24, 2.45) is 11.5 Å². The number of ether oxygens (including phenoxy) is 6. The van der Waals surface area contributed by atoms with Crippen LogP contribution >= 0.6 is 0 Å². The zero-order valence-electron chi connectivity index (χ0n) is 24.1. The molecule has 0 radical (unpaired) electrons. The van der Waals surface area contributed by atoms with Gasteiger partial charge in [0, 0.05) is 5.57 Å². The fourth-order valence-electron chi connectivity index (χ4n) is 5.05. The van der Waals surface area contributed by atoms with Gasteiger partial charge in [0.05, 0.1) is 37.9 Å². The lowest BCUT2D eigenvalue weighted by Crippen LogP contribution is -2.71. The van der Waals surface area contributed by atoms with Gasteiger partial charge in [-0.25, -0.2) is 4.79 Å². The number of esters is 1. The number of aliphatic hydroxyl groups is 7. The third-order valence-corrected chi connectivity index (χ3v) is 7.66. The van der Waals surface area contributed by atoms with Crippen molar-refractivity contribution in [3.05, 3.63) is 12.2 Å². The van der Waals surface area contributed by atoms with E-state index in [1.165, 1.54) is 13.8 Å². The molecule has 13 N–H and O–H groups in total. The molecule has 0 amide bonds. The maximum absolute atomic E-state index is 12.4. The summed E-state index contributed by atoms with van der Waals surface area (Å²) < 4.78 is 33.9. The molecule has 0 aromatic carbocycles. The minimum Gasteiger partial charge on any atom is -0.480 e. The molecule has 0 spiro atoms. The van der Waals surface area contributed by atoms with Crippen molar-refractivity contribution in [2.75, 3.05) is 19.8 Å². The lowest BCUT2D eigenvalue weighted by atomic mass is 9.93. The van der Waals surface area contributed by atoms with E-state index >= 15 is 0 Å². The Morgan fingerprint density at radius 1 is 0.818 bits per heavy atom. The molecule has 19 heteroatoms. The molecule has 3 saturated heterocycles. The molecule has 3 heterocycles. The Bertz CT molecular complexity index is 991. The molecule has 3 rings (SSSR count). The second kappa shape index (κ2) is 15.6. The van der Waals surface area contributed by atoms with E-state index in [9.17, 15) is 50.4 Å². The first-order chi connectivity index (χ1) is 20.7. The Labute approximate surface area is 251 Å². The van der Waals surface area contributed by atoms with Crippen molar-refractivity contribution in [3.63, 3.8) is 0 Å². The summed E-state index contributed by atoms with van der Waals surface area (Å²) in [7, 11) is 0. The van der Waals surface area contributed by atoms with Crippen molar-refractivity contribution in [1.29, 1.82) is 0 Å². The van der Waals surface area contributed by atoms with Gasteiger partial charge in [0.25, 0.3) is 0 Å². The molecule has 254 valence electrons. The summed E-state index contributed by atoms with van der Waals surface area (Å²) in [4.78, 5) is 24.1. The molecule has 3 aliphatic heterocycles. The largest absolute Gasteiger partial charge is 0.480 e. The first kappa shape index (κ1) is 36.5. The number of aliphatic carboxylic acids is 1. The molecule has 44 heavy (non-hydrogen) atoms. The van der Waals surface area contributed by atoms with Gasteiger partial charge in [-0.15, -0.1) is 0 Å². The van der Waals surface area contributed by atoms with Crippen molar-refractivity contribution in [1.82, 2.24) is 5.32 Å². The zero-order valence-corrected chi connectivity index (χ0v) is 24.1. The quantitative estimate of drug-likeness (QED) is 0.0697. The van der Waals surface area contributed by atoms with Crippen LogP contribution in [0.3, 0.4) is 0 Å². The number of hydrogen-bond acceptors (Lipinski definition) is 18. The SMILES string of the molecule is C=C(C)C(=O)O[C@H]1C(O[C@@H]2O[C@H](CO)C(O[C@@H]3O[C@H](CO)[C@@H](O)[C@H](O)[C@H]3N)[C@H](O)[C@H]2NC(C)C(=O)O)[C@@H](CO)O[C@@H](O)[C@@H]1N. The van der Waals surface area contributed by atoms with E-state index < -0.39 is 130 Å². The molecule has 0 aromatic heterocycles. The molecular weight excluding hydrogens is 598 g/mol. The fourth-order valence-corrected chi connectivity index (χ4v) is 5.05. The lowest BCUT2D eigenvalue weighted by molar-refractivity contribution is -0.351. The predicted octanol–water partition coefficient (Wildman–Crippen LogP) is -6.44. The van der Waals surface area contributed by atoms with Gasteiger partial charge in [-0.2, -0.15) is 0 Å². The van der Waals surface area contributed by atoms with Crippen LogP contribution in [0, 0.1) is 0 Å². The predicted molar refractivity (Wildman–Crippen MR) is 142 cm³/mol. The summed E-state index contributed by atoms with van der Waals surface area (Å²) in [6.07, 6.45) is -18.5. The standard InChI is InChI=1S/C25H43N3O16/c1-7(2)22(37)42-20-13(27)23(38)39-11(6-31)19(20)44-25-14(28-8(3)21(35)36)17(34)18(10(5-30)41-25)43-24-12(26)16(33)15(32)9(4-29)40-24/h8-20,23-25,28-34,38H,1,4-6,26-27H2,2-3H3,(H,35,36)/t8?,9-,10-,11-,12-,13-,14-,15-,16-,17-,18?,19?,20-,23-,24+,25+/m1/s1. The first-order valence-electron chi connectivity index (χ1n) is 13.8. The number of carbonyl (C=O) groups excluding carboxylic acids is 1. The van der Waals surface area contributed by atoms with E-state index in [4.69, 9.17) is 39.9 Å². The Balaban J connectivity index is 1.94. The Kier molecular flexibility index (Phi) is 12.9. The lowest BCUT2D eigenvalue weighted by Gasteiger charge is -2.50. The van der Waals surface area contributed by atoms with Crippen molar-refractivity contribution < 1.29 is 78.9 Å². The van der Waals surface area contributed by atoms with Gasteiger partial charge >= 0.3 is 11.9 Å². The van der Waals surface area contributed by atoms with E-state index in [-0.39, 0.29) is 5.57 Å². The summed E-state index contributed by atoms with van der Waals surface area (Å²) in [6.45, 7) is 3.76. The molecule has 3 fully saturated rings. The van der Waals surface area contributed by atoms with Crippen molar-refractivity contribution >= 4 is 11.9 Å². The number of carboxylic acid groups (broad SMARTS) is 1. The van der Waals surface area contributed by atoms with E-state index in [0.717, 1.165) is 0 Å². The summed E-state index contributed by atoms with van der Waals surface area (Å²) >= 11 is 0. The van der Waals surface area contributed by atoms with Gasteiger partial charge < -0.3 is 80.7 Å². The highest BCUT2D eigenvalue weighted by Crippen LogP contribution is 2.33. The van der Waals surface area contributed by atoms with E-state index in [2.05, 4.69) is 11.9 Å². The number of nitrogens with two attached hydrogens (primary N) is 2. The second-order valence-corrected chi connectivity index (χ2v) is 10.9. The summed E-state index contributed by atoms with van der Waals surface area (Å²) in [5, 5.41) is 84.0. The van der Waals surface area contributed by atoms with E-state index in [0.29, 0.717) is 0 Å². The highest BCUT2D eigenvalue weighted by atomic mass is 16.7. The van der Waals surface area contributed by atoms with Gasteiger partial charge in [-0.3, -0.25) is 10.1 Å². The number of carbonyl (C=O) groups is 2. The zero-order chi connectivity index (χ0) is 33.0. The van der Waals surface area contributed by atoms with Gasteiger partial charge in [0.15, 0.2) is 25.0 Å². The monoisotopic (exact) mass is 641 g/mol. The minimum absolute atomic E-state index is 0.0267. The third kappa shape index (κ3) is 7.89. The number of hydrogen-bond donors (Lipinski definition) is 11. The maximum Gasteiger partial charge on any atom is 0.333 e. The van der Waals surface area contributed by atoms with Gasteiger partial charge in [0.1, 0.15) is 54.9 Å². The van der Waals surface area contributed by atoms with Crippen LogP contribution in [-0.4, -0.2) is 171 Å². The normalized spacial score (nSPS) is 43.7. The van der Waals surface area contributed by atoms with E-state index in [1.807, 2.05) is 0 Å². The molecule has 0 aliphatic carbocycles. The summed E-state index contributed by atoms with van der Waals surface area (Å²) in [5.74, 6) is -2.26.